The molecule has 4 aliphatic heterocycles. The standard InChI is InChI=1S/C76H93FN10O12/c1-9-76(97)53-36-59-66-51(42-87(59)70(94)52(53)43-98-72(76)96)64-55(24-23-50-45(4)54(77)37-57(82-66)63(50)64)81-61(89)40-80-68(92)56(19-14-15-31-78)83-69(93)65(44(2)3)84-60(88)25-27-74(7,8)99-35-30-73(5,6)71(95)85-33-28-75(29-34-85)38-49(39-75)67(91)79-32-26-62(90)86-41-48-18-11-10-16-46(48)21-22-47-17-12-13-20-58(47)86/h10-13,16-18,20,36-37,44,49,55-56,65,97H,9,14-15,19,23-35,38-43,78H2,1-8H3,(H,79,91)(H,80,92)(H,81,89)(H,83,93)(H,84,88)/t55-,56-,65-,76-/m0/s1. The molecular weight excluding hydrogens is 1260 g/mol. The van der Waals surface area contributed by atoms with E-state index in [2.05, 4.69) is 38.4 Å². The number of carbonyl (C=O) groups is 8. The van der Waals surface area contributed by atoms with E-state index >= 15 is 4.39 Å². The number of unbranched alkanes of at least 4 members (excludes halogenated alkanes) is 1. The number of aryl methyl sites for hydroxylation is 1. The normalized spacial score (nSPS) is 18.7. The fourth-order valence-corrected chi connectivity index (χ4v) is 15.2. The molecule has 2 aliphatic carbocycles. The van der Waals surface area contributed by atoms with Crippen LogP contribution in [0.25, 0.3) is 22.3 Å². The number of hydrogen-bond acceptors (Lipinski definition) is 14. The van der Waals surface area contributed by atoms with Gasteiger partial charge < -0.3 is 61.3 Å². The van der Waals surface area contributed by atoms with Gasteiger partial charge in [-0.15, -0.1) is 0 Å². The number of para-hydroxylation sites is 1. The van der Waals surface area contributed by atoms with Crippen LogP contribution in [0.5, 0.6) is 0 Å². The van der Waals surface area contributed by atoms with E-state index in [9.17, 15) is 48.3 Å². The van der Waals surface area contributed by atoms with Crippen LogP contribution in [0.1, 0.15) is 188 Å². The van der Waals surface area contributed by atoms with Crippen LogP contribution in [0, 0.1) is 47.2 Å². The third kappa shape index (κ3) is 14.9. The molecule has 0 radical (unpaired) electrons. The van der Waals surface area contributed by atoms with Gasteiger partial charge in [-0.25, -0.2) is 14.2 Å². The Kier molecular flexibility index (Phi) is 21.0. The van der Waals surface area contributed by atoms with Gasteiger partial charge in [0, 0.05) is 84.1 Å². The van der Waals surface area contributed by atoms with Gasteiger partial charge in [-0.05, 0) is 162 Å². The molecule has 2 fully saturated rings. The first-order chi connectivity index (χ1) is 47.1. The minimum Gasteiger partial charge on any atom is -0.458 e. The Morgan fingerprint density at radius 2 is 1.59 bits per heavy atom. The first-order valence-corrected chi connectivity index (χ1v) is 35.0. The third-order valence-electron chi connectivity index (χ3n) is 21.4. The number of nitrogens with zero attached hydrogens (tertiary/aromatic N) is 4. The van der Waals surface area contributed by atoms with Crippen LogP contribution in [-0.4, -0.2) is 124 Å². The maximum absolute atomic E-state index is 15.6. The molecule has 1 saturated carbocycles. The SMILES string of the molecule is CC[C@@]1(O)C(=O)OCc2c1cc1n(c2=O)Cc2c-1nc1cc(F)c(C)c3c1c2[C@@H](NC(=O)CNC(=O)[C@H](CCCCN)NC(=O)[C@@H](NC(=O)CCC(C)(C)OCCC(C)(C)C(=O)N1CCC2(CC1)CC(C(=O)NCCC(=O)N1Cc4ccccc4C#Cc4ccccc41)C2)C(C)C)CC3. The fourth-order valence-electron chi connectivity index (χ4n) is 15.2. The second-order valence-corrected chi connectivity index (χ2v) is 29.4. The summed E-state index contributed by atoms with van der Waals surface area (Å²) in [5.41, 5.74) is 8.85. The van der Waals surface area contributed by atoms with Crippen molar-refractivity contribution in [2.45, 2.75) is 194 Å². The minimum absolute atomic E-state index is 0.000480. The highest BCUT2D eigenvalue weighted by molar-refractivity contribution is 5.97. The Morgan fingerprint density at radius 3 is 2.31 bits per heavy atom. The molecule has 3 aromatic carbocycles. The zero-order valence-electron chi connectivity index (χ0n) is 58.1. The van der Waals surface area contributed by atoms with Crippen LogP contribution in [-0.2, 0) is 79.5 Å². The number of aliphatic hydroxyl groups is 1. The Morgan fingerprint density at radius 1 is 0.869 bits per heavy atom. The van der Waals surface area contributed by atoms with Crippen LogP contribution in [0.2, 0.25) is 0 Å². The van der Waals surface area contributed by atoms with Gasteiger partial charge in [0.2, 0.25) is 41.4 Å². The number of piperidine rings is 1. The predicted octanol–water partition coefficient (Wildman–Crippen LogP) is 6.96. The molecule has 0 unspecified atom stereocenters. The maximum Gasteiger partial charge on any atom is 0.343 e. The summed E-state index contributed by atoms with van der Waals surface area (Å²) >= 11 is 0. The first-order valence-electron chi connectivity index (χ1n) is 35.0. The minimum atomic E-state index is -2.06. The number of esters is 1. The van der Waals surface area contributed by atoms with E-state index in [0.717, 1.165) is 53.6 Å². The van der Waals surface area contributed by atoms with Crippen molar-refractivity contribution in [3.8, 4) is 23.2 Å². The van der Waals surface area contributed by atoms with E-state index in [-0.39, 0.29) is 98.1 Å². The number of nitrogens with two attached hydrogens (primary N) is 1. The summed E-state index contributed by atoms with van der Waals surface area (Å²) in [5, 5.41) is 26.6. The number of fused-ring (bicyclic) bond motifs is 7. The summed E-state index contributed by atoms with van der Waals surface area (Å²) in [6, 6.07) is 15.6. The molecule has 1 saturated heterocycles. The lowest BCUT2D eigenvalue weighted by atomic mass is 9.57. The molecule has 8 N–H and O–H groups in total. The predicted molar refractivity (Wildman–Crippen MR) is 369 cm³/mol. The number of cyclic esters (lactones) is 1. The van der Waals surface area contributed by atoms with Crippen molar-refractivity contribution < 1.29 is 57.3 Å². The number of aromatic nitrogens is 2. The van der Waals surface area contributed by atoms with Gasteiger partial charge in [-0.3, -0.25) is 38.4 Å². The number of halogens is 1. The van der Waals surface area contributed by atoms with Crippen LogP contribution in [0.15, 0.2) is 65.5 Å². The monoisotopic (exact) mass is 1360 g/mol. The second-order valence-electron chi connectivity index (χ2n) is 29.4. The molecule has 1 spiro atoms. The van der Waals surface area contributed by atoms with Gasteiger partial charge in [0.15, 0.2) is 5.60 Å². The molecule has 5 aromatic rings. The van der Waals surface area contributed by atoms with Crippen molar-refractivity contribution in [3.05, 3.63) is 127 Å². The van der Waals surface area contributed by atoms with Gasteiger partial charge in [0.25, 0.3) is 5.56 Å². The van der Waals surface area contributed by atoms with Crippen LogP contribution in [0.3, 0.4) is 0 Å². The van der Waals surface area contributed by atoms with Crippen molar-refractivity contribution in [3.63, 3.8) is 0 Å². The lowest BCUT2D eigenvalue weighted by Crippen LogP contribution is -2.56. The van der Waals surface area contributed by atoms with Gasteiger partial charge in [-0.2, -0.15) is 0 Å². The van der Waals surface area contributed by atoms with Crippen LogP contribution < -0.4 is 42.8 Å². The lowest BCUT2D eigenvalue weighted by molar-refractivity contribution is -0.172. The molecule has 4 atom stereocenters. The van der Waals surface area contributed by atoms with Gasteiger partial charge >= 0.3 is 5.97 Å². The van der Waals surface area contributed by atoms with Crippen molar-refractivity contribution in [2.24, 2.45) is 28.4 Å². The molecule has 11 rings (SSSR count). The summed E-state index contributed by atoms with van der Waals surface area (Å²) in [6.45, 7) is 16.1. The van der Waals surface area contributed by atoms with Crippen molar-refractivity contribution in [1.82, 2.24) is 41.0 Å². The Balaban J connectivity index is 0.623. The quantitative estimate of drug-likeness (QED) is 0.0173. The summed E-state index contributed by atoms with van der Waals surface area (Å²) in [4.78, 5) is 133. The zero-order valence-corrected chi connectivity index (χ0v) is 58.1. The summed E-state index contributed by atoms with van der Waals surface area (Å²) in [6.07, 6.45) is 5.91. The van der Waals surface area contributed by atoms with Gasteiger partial charge in [0.1, 0.15) is 24.5 Å². The highest BCUT2D eigenvalue weighted by Crippen LogP contribution is 2.53. The fraction of sp³-hybridized carbons (Fsp3) is 0.526. The van der Waals surface area contributed by atoms with Crippen LogP contribution in [0.4, 0.5) is 10.1 Å². The molecule has 23 heteroatoms. The number of benzene rings is 3. The number of anilines is 1. The zero-order chi connectivity index (χ0) is 70.9. The average Bonchev–Trinajstić information content (AvgIpc) is 1.61. The van der Waals surface area contributed by atoms with E-state index in [4.69, 9.17) is 20.2 Å². The highest BCUT2D eigenvalue weighted by Gasteiger charge is 2.50. The highest BCUT2D eigenvalue weighted by atomic mass is 19.1. The van der Waals surface area contributed by atoms with Crippen molar-refractivity contribution in [1.29, 1.82) is 0 Å². The van der Waals surface area contributed by atoms with Crippen molar-refractivity contribution in [2.75, 3.05) is 44.2 Å². The van der Waals surface area contributed by atoms with E-state index in [1.807, 2.05) is 81.1 Å². The Labute approximate surface area is 576 Å². The Bertz CT molecular complexity index is 4170. The summed E-state index contributed by atoms with van der Waals surface area (Å²) in [7, 11) is 0. The number of likely N-dealkylation sites (tertiary alicyclic amines) is 1. The Hall–Kier alpha value is -8.85. The number of nitrogens with one attached hydrogen (secondary N) is 5. The topological polar surface area (TPSA) is 303 Å². The van der Waals surface area contributed by atoms with Gasteiger partial charge in [-0.1, -0.05) is 76.8 Å². The van der Waals surface area contributed by atoms with Crippen LogP contribution >= 0.6 is 0 Å². The van der Waals surface area contributed by atoms with E-state index in [1.54, 1.807) is 38.7 Å². The molecule has 2 aromatic heterocycles. The van der Waals surface area contributed by atoms with E-state index in [1.165, 1.54) is 10.6 Å². The summed E-state index contributed by atoms with van der Waals surface area (Å²) in [5.74, 6) is 2.36. The largest absolute Gasteiger partial charge is 0.458 e. The maximum atomic E-state index is 15.6. The molecule has 6 heterocycles. The molecule has 6 aliphatic rings. The van der Waals surface area contributed by atoms with E-state index < -0.39 is 82.3 Å². The molecule has 7 amide bonds. The molecule has 99 heavy (non-hydrogen) atoms. The number of amides is 7. The van der Waals surface area contributed by atoms with Crippen molar-refractivity contribution >= 4 is 63.9 Å². The first kappa shape index (κ1) is 71.4. The number of rotatable bonds is 25. The lowest BCUT2D eigenvalue weighted by Gasteiger charge is -2.52. The number of pyridine rings is 2. The molecule has 22 nitrogen and oxygen atoms in total. The molecule has 0 bridgehead atoms. The summed E-state index contributed by atoms with van der Waals surface area (Å²) < 4.78 is 28.7. The van der Waals surface area contributed by atoms with E-state index in [0.29, 0.717) is 104 Å². The second kappa shape index (κ2) is 29.2. The number of hydrogen-bond donors (Lipinski definition) is 7. The van der Waals surface area contributed by atoms with Gasteiger partial charge in [0.05, 0.1) is 59.4 Å². The third-order valence-corrected chi connectivity index (χ3v) is 21.4. The number of ether oxygens (including phenoxy) is 2. The average molecular weight is 1360 g/mol. The molecule has 526 valence electrons. The molecular formula is C76H93FN10O12. The smallest absolute Gasteiger partial charge is 0.343 e. The number of carbonyl (C=O) groups excluding carboxylic acids is 8.